The lowest BCUT2D eigenvalue weighted by molar-refractivity contribution is 0.102. The van der Waals surface area contributed by atoms with E-state index in [2.05, 4.69) is 25.3 Å². The van der Waals surface area contributed by atoms with Crippen LogP contribution in [0.1, 0.15) is 28.4 Å². The molecule has 0 saturated heterocycles. The van der Waals surface area contributed by atoms with Crippen LogP contribution in [-0.4, -0.2) is 63.0 Å². The van der Waals surface area contributed by atoms with Gasteiger partial charge in [-0.1, -0.05) is 36.4 Å². The van der Waals surface area contributed by atoms with Crippen molar-refractivity contribution in [2.24, 2.45) is 0 Å². The third-order valence-corrected chi connectivity index (χ3v) is 7.78. The molecule has 4 aromatic rings. The standard InChI is InChI=1S/C31H36N6O5S/c1-6-41-26-15-7-8-16-27(26)42-30-25(29(38)35-28-21(2)11-9-12-22(28)3)20-32-31(36-30)34-23-13-10-14-24(19-23)43(39,40)33-17-18-37(4)5/h7-16,19-20,33H,6,17-18H2,1-5H3,(H,35,38)(H,32,34,36). The van der Waals surface area contributed by atoms with E-state index in [1.54, 1.807) is 30.3 Å². The minimum Gasteiger partial charge on any atom is -0.490 e. The number of aryl methyl sites for hydroxylation is 2. The molecule has 0 unspecified atom stereocenters. The molecule has 1 amide bonds. The van der Waals surface area contributed by atoms with E-state index in [-0.39, 0.29) is 28.8 Å². The van der Waals surface area contributed by atoms with Gasteiger partial charge in [-0.3, -0.25) is 4.79 Å². The number of aromatic nitrogens is 2. The van der Waals surface area contributed by atoms with Crippen molar-refractivity contribution < 1.29 is 22.7 Å². The van der Waals surface area contributed by atoms with Gasteiger partial charge in [0.25, 0.3) is 5.91 Å². The second kappa shape index (κ2) is 14.1. The zero-order valence-corrected chi connectivity index (χ0v) is 25.7. The van der Waals surface area contributed by atoms with Gasteiger partial charge in [0.1, 0.15) is 5.56 Å². The van der Waals surface area contributed by atoms with Crippen molar-refractivity contribution in [3.63, 3.8) is 0 Å². The van der Waals surface area contributed by atoms with E-state index < -0.39 is 15.9 Å². The number of amides is 1. The van der Waals surface area contributed by atoms with Crippen molar-refractivity contribution >= 4 is 33.3 Å². The van der Waals surface area contributed by atoms with Crippen LogP contribution in [0.5, 0.6) is 17.4 Å². The fraction of sp³-hybridized carbons (Fsp3) is 0.258. The highest BCUT2D eigenvalue weighted by Gasteiger charge is 2.21. The molecule has 0 bridgehead atoms. The molecule has 226 valence electrons. The molecule has 0 aliphatic heterocycles. The van der Waals surface area contributed by atoms with E-state index in [0.29, 0.717) is 36.0 Å². The summed E-state index contributed by atoms with van der Waals surface area (Å²) < 4.78 is 40.1. The van der Waals surface area contributed by atoms with Crippen molar-refractivity contribution in [2.75, 3.05) is 44.4 Å². The summed E-state index contributed by atoms with van der Waals surface area (Å²) in [5, 5.41) is 5.98. The number of nitrogens with zero attached hydrogens (tertiary/aromatic N) is 3. The highest BCUT2D eigenvalue weighted by atomic mass is 32.2. The third-order valence-electron chi connectivity index (χ3n) is 6.33. The molecule has 12 heteroatoms. The summed E-state index contributed by atoms with van der Waals surface area (Å²) in [4.78, 5) is 24.3. The molecule has 0 atom stereocenters. The number of anilines is 3. The summed E-state index contributed by atoms with van der Waals surface area (Å²) in [5.74, 6) is 0.487. The van der Waals surface area contributed by atoms with E-state index in [9.17, 15) is 13.2 Å². The number of benzene rings is 3. The zero-order valence-electron chi connectivity index (χ0n) is 24.8. The first-order valence-electron chi connectivity index (χ1n) is 13.7. The predicted octanol–water partition coefficient (Wildman–Crippen LogP) is 5.12. The topological polar surface area (TPSA) is 135 Å². The summed E-state index contributed by atoms with van der Waals surface area (Å²) in [6.45, 7) is 6.93. The Hall–Kier alpha value is -4.52. The average molecular weight is 605 g/mol. The number of likely N-dealkylation sites (N-methyl/N-ethyl adjacent to an activating group) is 1. The van der Waals surface area contributed by atoms with Gasteiger partial charge in [0.2, 0.25) is 21.9 Å². The molecule has 43 heavy (non-hydrogen) atoms. The number of carbonyl (C=O) groups excluding carboxylic acids is 1. The summed E-state index contributed by atoms with van der Waals surface area (Å²) in [7, 11) is -0.00175. The van der Waals surface area contributed by atoms with E-state index in [0.717, 1.165) is 11.1 Å². The molecule has 0 spiro atoms. The summed E-state index contributed by atoms with van der Waals surface area (Å²) in [6, 6.07) is 19.1. The quantitative estimate of drug-likeness (QED) is 0.190. The van der Waals surface area contributed by atoms with Gasteiger partial charge < -0.3 is 25.0 Å². The normalized spacial score (nSPS) is 11.3. The van der Waals surface area contributed by atoms with Crippen LogP contribution in [0.25, 0.3) is 0 Å². The first-order chi connectivity index (χ1) is 20.6. The molecule has 3 N–H and O–H groups in total. The van der Waals surface area contributed by atoms with Gasteiger partial charge in [-0.15, -0.1) is 0 Å². The lowest BCUT2D eigenvalue weighted by Crippen LogP contribution is -2.31. The van der Waals surface area contributed by atoms with Gasteiger partial charge in [0.05, 0.1) is 11.5 Å². The molecule has 3 aromatic carbocycles. The average Bonchev–Trinajstić information content (AvgIpc) is 2.96. The second-order valence-corrected chi connectivity index (χ2v) is 11.7. The van der Waals surface area contributed by atoms with Gasteiger partial charge in [-0.25, -0.2) is 18.1 Å². The number of hydrogen-bond acceptors (Lipinski definition) is 9. The molecule has 1 heterocycles. The van der Waals surface area contributed by atoms with Crippen molar-refractivity contribution in [2.45, 2.75) is 25.7 Å². The Bertz CT molecular complexity index is 1670. The Morgan fingerprint density at radius 2 is 1.65 bits per heavy atom. The maximum absolute atomic E-state index is 13.5. The monoisotopic (exact) mass is 604 g/mol. The van der Waals surface area contributed by atoms with Gasteiger partial charge in [-0.05, 0) is 76.3 Å². The Labute approximate surface area is 252 Å². The maximum atomic E-state index is 13.5. The number of ether oxygens (including phenoxy) is 2. The number of sulfonamides is 1. The molecule has 11 nitrogen and oxygen atoms in total. The number of rotatable bonds is 13. The van der Waals surface area contributed by atoms with E-state index in [1.807, 2.05) is 64.0 Å². The molecule has 0 saturated carbocycles. The lowest BCUT2D eigenvalue weighted by atomic mass is 10.1. The number of para-hydroxylation sites is 3. The molecule has 0 aliphatic rings. The van der Waals surface area contributed by atoms with Crippen LogP contribution in [0.15, 0.2) is 77.8 Å². The van der Waals surface area contributed by atoms with Crippen LogP contribution >= 0.6 is 0 Å². The first-order valence-corrected chi connectivity index (χ1v) is 15.2. The lowest BCUT2D eigenvalue weighted by Gasteiger charge is -2.16. The van der Waals surface area contributed by atoms with Crippen LogP contribution in [0, 0.1) is 13.8 Å². The highest BCUT2D eigenvalue weighted by molar-refractivity contribution is 7.89. The van der Waals surface area contributed by atoms with Crippen LogP contribution in [0.3, 0.4) is 0 Å². The highest BCUT2D eigenvalue weighted by Crippen LogP contribution is 2.33. The Morgan fingerprint density at radius 1 is 0.953 bits per heavy atom. The third kappa shape index (κ3) is 8.28. The van der Waals surface area contributed by atoms with E-state index in [4.69, 9.17) is 9.47 Å². The molecule has 0 radical (unpaired) electrons. The first kappa shape index (κ1) is 31.4. The zero-order chi connectivity index (χ0) is 31.0. The Kier molecular flexibility index (Phi) is 10.3. The van der Waals surface area contributed by atoms with E-state index >= 15 is 0 Å². The van der Waals surface area contributed by atoms with Crippen molar-refractivity contribution in [3.05, 3.63) is 89.6 Å². The minimum atomic E-state index is -3.73. The molecular weight excluding hydrogens is 568 g/mol. The minimum absolute atomic E-state index is 0.0116. The fourth-order valence-electron chi connectivity index (χ4n) is 4.12. The molecular formula is C31H36N6O5S. The molecule has 0 fully saturated rings. The van der Waals surface area contributed by atoms with E-state index in [1.165, 1.54) is 18.3 Å². The van der Waals surface area contributed by atoms with Crippen molar-refractivity contribution in [3.8, 4) is 17.4 Å². The largest absolute Gasteiger partial charge is 0.490 e. The number of hydrogen-bond donors (Lipinski definition) is 3. The maximum Gasteiger partial charge on any atom is 0.262 e. The van der Waals surface area contributed by atoms with Gasteiger partial charge >= 0.3 is 0 Å². The summed E-state index contributed by atoms with van der Waals surface area (Å²) >= 11 is 0. The summed E-state index contributed by atoms with van der Waals surface area (Å²) in [5.41, 5.74) is 3.03. The summed E-state index contributed by atoms with van der Waals surface area (Å²) in [6.07, 6.45) is 1.36. The van der Waals surface area contributed by atoms with Gasteiger partial charge in [0, 0.05) is 30.7 Å². The predicted molar refractivity (Wildman–Crippen MR) is 167 cm³/mol. The van der Waals surface area contributed by atoms with Crippen LogP contribution in [-0.2, 0) is 10.0 Å². The molecule has 0 aliphatic carbocycles. The van der Waals surface area contributed by atoms with Crippen LogP contribution in [0.2, 0.25) is 0 Å². The van der Waals surface area contributed by atoms with Gasteiger partial charge in [-0.2, -0.15) is 4.98 Å². The van der Waals surface area contributed by atoms with Crippen molar-refractivity contribution in [1.29, 1.82) is 0 Å². The Morgan fingerprint density at radius 3 is 2.35 bits per heavy atom. The Balaban J connectivity index is 1.66. The number of carbonyl (C=O) groups is 1. The number of nitrogens with one attached hydrogen (secondary N) is 3. The SMILES string of the molecule is CCOc1ccccc1Oc1nc(Nc2cccc(S(=O)(=O)NCCN(C)C)c2)ncc1C(=O)Nc1c(C)cccc1C. The molecule has 4 rings (SSSR count). The van der Waals surface area contributed by atoms with Crippen molar-refractivity contribution in [1.82, 2.24) is 19.6 Å². The fourth-order valence-corrected chi connectivity index (χ4v) is 5.19. The second-order valence-electron chi connectivity index (χ2n) is 9.97. The molecule has 1 aromatic heterocycles. The van der Waals surface area contributed by atoms with Crippen LogP contribution < -0.4 is 24.8 Å². The smallest absolute Gasteiger partial charge is 0.262 e. The van der Waals surface area contributed by atoms with Crippen LogP contribution in [0.4, 0.5) is 17.3 Å². The van der Waals surface area contributed by atoms with Gasteiger partial charge in [0.15, 0.2) is 11.5 Å².